The second kappa shape index (κ2) is 7.73. The molecule has 6 heteroatoms. The Morgan fingerprint density at radius 1 is 1.38 bits per heavy atom. The summed E-state index contributed by atoms with van der Waals surface area (Å²) >= 11 is 0. The van der Waals surface area contributed by atoms with E-state index in [1.54, 1.807) is 25.2 Å². The molecule has 0 bridgehead atoms. The zero-order valence-electron chi connectivity index (χ0n) is 12.8. The predicted molar refractivity (Wildman–Crippen MR) is 81.6 cm³/mol. The van der Waals surface area contributed by atoms with Gasteiger partial charge in [-0.3, -0.25) is 14.9 Å². The van der Waals surface area contributed by atoms with E-state index in [4.69, 9.17) is 5.73 Å². The van der Waals surface area contributed by atoms with Crippen molar-refractivity contribution in [1.82, 2.24) is 4.90 Å². The first-order valence-electron chi connectivity index (χ1n) is 7.04. The Bertz CT molecular complexity index is 503. The van der Waals surface area contributed by atoms with Crippen LogP contribution in [0, 0.1) is 22.0 Å². The fraction of sp³-hybridized carbons (Fsp3) is 0.533. The molecule has 116 valence electrons. The summed E-state index contributed by atoms with van der Waals surface area (Å²) in [5.41, 5.74) is 6.23. The van der Waals surface area contributed by atoms with Crippen LogP contribution in [0.1, 0.15) is 25.8 Å². The average Bonchev–Trinajstić information content (AvgIpc) is 2.44. The second-order valence-electron chi connectivity index (χ2n) is 5.64. The van der Waals surface area contributed by atoms with Gasteiger partial charge in [-0.2, -0.15) is 0 Å². The van der Waals surface area contributed by atoms with Gasteiger partial charge in [-0.05, 0) is 12.3 Å². The van der Waals surface area contributed by atoms with E-state index in [-0.39, 0.29) is 30.6 Å². The summed E-state index contributed by atoms with van der Waals surface area (Å²) in [5.74, 6) is 0.0732. The maximum Gasteiger partial charge on any atom is 0.274 e. The van der Waals surface area contributed by atoms with Gasteiger partial charge in [-0.1, -0.05) is 32.0 Å². The second-order valence-corrected chi connectivity index (χ2v) is 5.64. The minimum atomic E-state index is -0.428. The van der Waals surface area contributed by atoms with Gasteiger partial charge in [0.15, 0.2) is 0 Å². The molecular weight excluding hydrogens is 270 g/mol. The van der Waals surface area contributed by atoms with E-state index >= 15 is 0 Å². The number of nitrogens with two attached hydrogens (primary N) is 1. The molecule has 1 unspecified atom stereocenters. The third kappa shape index (κ3) is 4.82. The number of carbonyl (C=O) groups is 1. The Morgan fingerprint density at radius 2 is 2.00 bits per heavy atom. The molecule has 1 atom stereocenters. The Morgan fingerprint density at radius 3 is 2.52 bits per heavy atom. The van der Waals surface area contributed by atoms with Crippen molar-refractivity contribution in [2.75, 3.05) is 13.6 Å². The van der Waals surface area contributed by atoms with Crippen molar-refractivity contribution >= 4 is 11.6 Å². The van der Waals surface area contributed by atoms with Crippen LogP contribution in [0.5, 0.6) is 0 Å². The zero-order chi connectivity index (χ0) is 16.0. The van der Waals surface area contributed by atoms with Crippen LogP contribution >= 0.6 is 0 Å². The summed E-state index contributed by atoms with van der Waals surface area (Å²) < 4.78 is 0. The number of hydrogen-bond donors (Lipinski definition) is 1. The van der Waals surface area contributed by atoms with Crippen LogP contribution in [0.4, 0.5) is 5.69 Å². The maximum atomic E-state index is 12.4. The highest BCUT2D eigenvalue weighted by Gasteiger charge is 2.23. The van der Waals surface area contributed by atoms with Crippen molar-refractivity contribution in [3.05, 3.63) is 39.9 Å². The first-order valence-corrected chi connectivity index (χ1v) is 7.04. The number of carbonyl (C=O) groups excluding carboxylic acids is 1. The monoisotopic (exact) mass is 293 g/mol. The highest BCUT2D eigenvalue weighted by atomic mass is 16.6. The molecule has 0 saturated carbocycles. The molecule has 0 saturated heterocycles. The lowest BCUT2D eigenvalue weighted by atomic mass is 9.96. The molecule has 0 aliphatic rings. The Hall–Kier alpha value is -1.95. The molecule has 0 radical (unpaired) electrons. The Kier molecular flexibility index (Phi) is 6.30. The van der Waals surface area contributed by atoms with Gasteiger partial charge in [-0.15, -0.1) is 0 Å². The molecule has 21 heavy (non-hydrogen) atoms. The SMILES string of the molecule is CC(C)CC(CN)C(=O)N(C)Cc1ccccc1[N+](=O)[O-]. The van der Waals surface area contributed by atoms with E-state index in [0.717, 1.165) is 6.42 Å². The Balaban J connectivity index is 2.83. The van der Waals surface area contributed by atoms with Gasteiger partial charge >= 0.3 is 0 Å². The number of benzene rings is 1. The average molecular weight is 293 g/mol. The van der Waals surface area contributed by atoms with E-state index in [0.29, 0.717) is 11.5 Å². The van der Waals surface area contributed by atoms with Crippen LogP contribution in [0.25, 0.3) is 0 Å². The molecule has 1 aromatic rings. The third-order valence-corrected chi connectivity index (χ3v) is 3.36. The first kappa shape index (κ1) is 17.1. The van der Waals surface area contributed by atoms with Gasteiger partial charge in [-0.25, -0.2) is 0 Å². The Labute approximate surface area is 125 Å². The quantitative estimate of drug-likeness (QED) is 0.616. The van der Waals surface area contributed by atoms with Crippen LogP contribution in [-0.2, 0) is 11.3 Å². The summed E-state index contributed by atoms with van der Waals surface area (Å²) in [7, 11) is 1.65. The van der Waals surface area contributed by atoms with E-state index in [1.165, 1.54) is 11.0 Å². The molecule has 0 spiro atoms. The van der Waals surface area contributed by atoms with Gasteiger partial charge in [0, 0.05) is 25.2 Å². The van der Waals surface area contributed by atoms with Gasteiger partial charge in [0.1, 0.15) is 0 Å². The highest BCUT2D eigenvalue weighted by molar-refractivity contribution is 5.79. The van der Waals surface area contributed by atoms with Crippen LogP contribution < -0.4 is 5.73 Å². The van der Waals surface area contributed by atoms with Gasteiger partial charge in [0.25, 0.3) is 5.69 Å². The molecule has 0 aromatic heterocycles. The predicted octanol–water partition coefficient (Wildman–Crippen LogP) is 2.17. The van der Waals surface area contributed by atoms with Crippen molar-refractivity contribution in [1.29, 1.82) is 0 Å². The summed E-state index contributed by atoms with van der Waals surface area (Å²) in [6, 6.07) is 6.46. The fourth-order valence-corrected chi connectivity index (χ4v) is 2.33. The summed E-state index contributed by atoms with van der Waals surface area (Å²) in [5, 5.41) is 11.0. The molecule has 0 heterocycles. The van der Waals surface area contributed by atoms with Gasteiger partial charge in [0.05, 0.1) is 17.4 Å². The number of rotatable bonds is 7. The highest BCUT2D eigenvalue weighted by Crippen LogP contribution is 2.20. The lowest BCUT2D eigenvalue weighted by Gasteiger charge is -2.24. The van der Waals surface area contributed by atoms with E-state index in [9.17, 15) is 14.9 Å². The maximum absolute atomic E-state index is 12.4. The molecule has 1 rings (SSSR count). The van der Waals surface area contributed by atoms with Crippen molar-refractivity contribution in [2.45, 2.75) is 26.8 Å². The van der Waals surface area contributed by atoms with Crippen LogP contribution in [0.15, 0.2) is 24.3 Å². The summed E-state index contributed by atoms with van der Waals surface area (Å²) in [6.07, 6.45) is 0.719. The smallest absolute Gasteiger partial charge is 0.274 e. The molecule has 6 nitrogen and oxygen atoms in total. The van der Waals surface area contributed by atoms with Crippen molar-refractivity contribution in [3.8, 4) is 0 Å². The standard InChI is InChI=1S/C15H23N3O3/c1-11(2)8-13(9-16)15(19)17(3)10-12-6-4-5-7-14(12)18(20)21/h4-7,11,13H,8-10,16H2,1-3H3. The minimum absolute atomic E-state index is 0.0327. The molecule has 0 fully saturated rings. The summed E-state index contributed by atoms with van der Waals surface area (Å²) in [6.45, 7) is 4.58. The van der Waals surface area contributed by atoms with Gasteiger partial charge in [0.2, 0.25) is 5.91 Å². The molecule has 2 N–H and O–H groups in total. The number of nitro benzene ring substituents is 1. The van der Waals surface area contributed by atoms with Crippen molar-refractivity contribution < 1.29 is 9.72 Å². The number of hydrogen-bond acceptors (Lipinski definition) is 4. The zero-order valence-corrected chi connectivity index (χ0v) is 12.8. The number of amides is 1. The first-order chi connectivity index (χ1) is 9.86. The van der Waals surface area contributed by atoms with Crippen molar-refractivity contribution in [3.63, 3.8) is 0 Å². The number of para-hydroxylation sites is 1. The molecular formula is C15H23N3O3. The van der Waals surface area contributed by atoms with Crippen LogP contribution in [0.3, 0.4) is 0 Å². The topological polar surface area (TPSA) is 89.5 Å². The van der Waals surface area contributed by atoms with E-state index in [2.05, 4.69) is 0 Å². The van der Waals surface area contributed by atoms with Crippen molar-refractivity contribution in [2.24, 2.45) is 17.6 Å². The van der Waals surface area contributed by atoms with E-state index in [1.807, 2.05) is 13.8 Å². The number of nitrogens with zero attached hydrogens (tertiary/aromatic N) is 2. The molecule has 0 aliphatic heterocycles. The largest absolute Gasteiger partial charge is 0.341 e. The van der Waals surface area contributed by atoms with Crippen LogP contribution in [0.2, 0.25) is 0 Å². The normalized spacial score (nSPS) is 12.2. The summed E-state index contributed by atoms with van der Waals surface area (Å²) in [4.78, 5) is 24.4. The van der Waals surface area contributed by atoms with Gasteiger partial charge < -0.3 is 10.6 Å². The lowest BCUT2D eigenvalue weighted by Crippen LogP contribution is -2.37. The lowest BCUT2D eigenvalue weighted by molar-refractivity contribution is -0.385. The molecule has 1 aromatic carbocycles. The van der Waals surface area contributed by atoms with E-state index < -0.39 is 4.92 Å². The minimum Gasteiger partial charge on any atom is -0.341 e. The third-order valence-electron chi connectivity index (χ3n) is 3.36. The fourth-order valence-electron chi connectivity index (χ4n) is 2.33. The molecule has 1 amide bonds. The van der Waals surface area contributed by atoms with Crippen LogP contribution in [-0.4, -0.2) is 29.3 Å². The molecule has 0 aliphatic carbocycles. The number of nitro groups is 1.